The molecule has 0 radical (unpaired) electrons. The first-order chi connectivity index (χ1) is 11.5. The Balaban J connectivity index is 2.00. The maximum absolute atomic E-state index is 11.3. The predicted molar refractivity (Wildman–Crippen MR) is 101 cm³/mol. The van der Waals surface area contributed by atoms with Crippen molar-refractivity contribution in [2.24, 2.45) is 0 Å². The average Bonchev–Trinajstić information content (AvgIpc) is 2.43. The second kappa shape index (κ2) is 5.99. The van der Waals surface area contributed by atoms with Gasteiger partial charge in [0.15, 0.2) is 0 Å². The fraction of sp³-hybridized carbons (Fsp3) is 0.500. The first-order valence-electron chi connectivity index (χ1n) is 8.75. The van der Waals surface area contributed by atoms with E-state index < -0.39 is 5.97 Å². The first kappa shape index (κ1) is 17.7. The van der Waals surface area contributed by atoms with E-state index in [1.165, 1.54) is 0 Å². The van der Waals surface area contributed by atoms with Crippen molar-refractivity contribution in [1.29, 1.82) is 0 Å². The molecule has 5 nitrogen and oxygen atoms in total. The van der Waals surface area contributed by atoms with E-state index in [1.54, 1.807) is 18.2 Å². The van der Waals surface area contributed by atoms with E-state index in [9.17, 15) is 9.90 Å². The standard InChI is InChI=1S/C20H27N3O2/c1-12-8-17(15-9-13(18(24)25)6-7-16(15)21-12)22-14-10-19(2,3)23-20(4,5)11-14/h6-9,14,23H,10-11H2,1-5H3,(H,21,22)(H,24,25). The van der Waals surface area contributed by atoms with Gasteiger partial charge >= 0.3 is 5.97 Å². The van der Waals surface area contributed by atoms with Gasteiger partial charge in [-0.05, 0) is 71.7 Å². The molecular formula is C20H27N3O2. The molecule has 0 atom stereocenters. The number of hydrogen-bond donors (Lipinski definition) is 3. The molecule has 0 amide bonds. The molecule has 1 saturated heterocycles. The minimum Gasteiger partial charge on any atom is -0.478 e. The van der Waals surface area contributed by atoms with Gasteiger partial charge in [-0.3, -0.25) is 4.98 Å². The molecule has 1 aromatic heterocycles. The van der Waals surface area contributed by atoms with Crippen LogP contribution in [0.25, 0.3) is 10.9 Å². The Morgan fingerprint density at radius 3 is 2.44 bits per heavy atom. The SMILES string of the molecule is Cc1cc(NC2CC(C)(C)NC(C)(C)C2)c2cc(C(=O)O)ccc2n1. The number of aromatic nitrogens is 1. The molecule has 1 aliphatic rings. The minimum atomic E-state index is -0.919. The normalized spacial score (nSPS) is 19.7. The lowest BCUT2D eigenvalue weighted by atomic mass is 9.79. The minimum absolute atomic E-state index is 0.0452. The molecule has 0 aliphatic carbocycles. The van der Waals surface area contributed by atoms with Crippen LogP contribution in [0, 0.1) is 6.92 Å². The Kier molecular flexibility index (Phi) is 4.23. The summed E-state index contributed by atoms with van der Waals surface area (Å²) in [5.41, 5.74) is 3.08. The van der Waals surface area contributed by atoms with Crippen molar-refractivity contribution in [3.05, 3.63) is 35.5 Å². The zero-order valence-corrected chi connectivity index (χ0v) is 15.6. The zero-order valence-electron chi connectivity index (χ0n) is 15.6. The number of carboxylic acid groups (broad SMARTS) is 1. The van der Waals surface area contributed by atoms with Crippen molar-refractivity contribution in [3.63, 3.8) is 0 Å². The molecule has 25 heavy (non-hydrogen) atoms. The summed E-state index contributed by atoms with van der Waals surface area (Å²) < 4.78 is 0. The Hall–Kier alpha value is -2.14. The summed E-state index contributed by atoms with van der Waals surface area (Å²) in [6.45, 7) is 10.9. The predicted octanol–water partition coefficient (Wildman–Crippen LogP) is 3.96. The molecule has 0 bridgehead atoms. The quantitative estimate of drug-likeness (QED) is 0.788. The molecule has 1 aliphatic heterocycles. The molecule has 134 valence electrons. The smallest absolute Gasteiger partial charge is 0.335 e. The lowest BCUT2D eigenvalue weighted by molar-refractivity contribution is 0.0697. The lowest BCUT2D eigenvalue weighted by Gasteiger charge is -2.47. The maximum atomic E-state index is 11.3. The summed E-state index contributed by atoms with van der Waals surface area (Å²) in [5, 5.41) is 17.5. The van der Waals surface area contributed by atoms with Crippen LogP contribution >= 0.6 is 0 Å². The number of aryl methyl sites for hydroxylation is 1. The fourth-order valence-electron chi connectivity index (χ4n) is 4.25. The van der Waals surface area contributed by atoms with E-state index in [0.717, 1.165) is 35.1 Å². The number of rotatable bonds is 3. The van der Waals surface area contributed by atoms with Gasteiger partial charge in [-0.15, -0.1) is 0 Å². The van der Waals surface area contributed by atoms with Crippen LogP contribution in [0.2, 0.25) is 0 Å². The number of piperidine rings is 1. The maximum Gasteiger partial charge on any atom is 0.335 e. The van der Waals surface area contributed by atoms with Gasteiger partial charge in [-0.1, -0.05) is 0 Å². The Bertz CT molecular complexity index is 811. The van der Waals surface area contributed by atoms with Crippen LogP contribution < -0.4 is 10.6 Å². The van der Waals surface area contributed by atoms with E-state index in [0.29, 0.717) is 6.04 Å². The van der Waals surface area contributed by atoms with Gasteiger partial charge in [0.25, 0.3) is 0 Å². The van der Waals surface area contributed by atoms with Gasteiger partial charge in [-0.25, -0.2) is 4.79 Å². The number of aromatic carboxylic acids is 1. The first-order valence-corrected chi connectivity index (χ1v) is 8.75. The molecule has 5 heteroatoms. The van der Waals surface area contributed by atoms with Crippen molar-refractivity contribution >= 4 is 22.6 Å². The summed E-state index contributed by atoms with van der Waals surface area (Å²) in [6.07, 6.45) is 2.00. The number of nitrogens with one attached hydrogen (secondary N) is 2. The molecule has 0 saturated carbocycles. The number of benzene rings is 1. The highest BCUT2D eigenvalue weighted by atomic mass is 16.4. The van der Waals surface area contributed by atoms with Crippen molar-refractivity contribution in [2.45, 2.75) is 64.6 Å². The molecule has 1 aromatic carbocycles. The van der Waals surface area contributed by atoms with Crippen LogP contribution in [0.4, 0.5) is 5.69 Å². The second-order valence-corrected chi connectivity index (χ2v) is 8.49. The van der Waals surface area contributed by atoms with E-state index >= 15 is 0 Å². The van der Waals surface area contributed by atoms with E-state index in [1.807, 2.05) is 13.0 Å². The third kappa shape index (κ3) is 3.93. The molecule has 3 rings (SSSR count). The van der Waals surface area contributed by atoms with Crippen LogP contribution in [0.5, 0.6) is 0 Å². The van der Waals surface area contributed by atoms with Gasteiger partial charge in [-0.2, -0.15) is 0 Å². The molecule has 3 N–H and O–H groups in total. The summed E-state index contributed by atoms with van der Waals surface area (Å²) in [5.74, 6) is -0.919. The van der Waals surface area contributed by atoms with Crippen molar-refractivity contribution in [1.82, 2.24) is 10.3 Å². The highest BCUT2D eigenvalue weighted by Gasteiger charge is 2.37. The summed E-state index contributed by atoms with van der Waals surface area (Å²) in [6, 6.07) is 7.43. The second-order valence-electron chi connectivity index (χ2n) is 8.49. The summed E-state index contributed by atoms with van der Waals surface area (Å²) >= 11 is 0. The molecule has 2 heterocycles. The number of pyridine rings is 1. The van der Waals surface area contributed by atoms with Gasteiger partial charge in [0.05, 0.1) is 11.1 Å². The number of hydrogen-bond acceptors (Lipinski definition) is 4. The number of anilines is 1. The van der Waals surface area contributed by atoms with Crippen molar-refractivity contribution < 1.29 is 9.90 Å². The summed E-state index contributed by atoms with van der Waals surface area (Å²) in [4.78, 5) is 15.9. The monoisotopic (exact) mass is 341 g/mol. The van der Waals surface area contributed by atoms with Gasteiger partial charge < -0.3 is 15.7 Å². The largest absolute Gasteiger partial charge is 0.478 e. The molecule has 0 unspecified atom stereocenters. The Labute approximate surface area is 148 Å². The van der Waals surface area contributed by atoms with Gasteiger partial charge in [0, 0.05) is 33.9 Å². The molecule has 0 spiro atoms. The van der Waals surface area contributed by atoms with Crippen LogP contribution in [-0.4, -0.2) is 33.2 Å². The molecular weight excluding hydrogens is 314 g/mol. The van der Waals surface area contributed by atoms with Crippen LogP contribution in [0.3, 0.4) is 0 Å². The Morgan fingerprint density at radius 1 is 1.20 bits per heavy atom. The average molecular weight is 341 g/mol. The third-order valence-electron chi connectivity index (χ3n) is 4.73. The van der Waals surface area contributed by atoms with E-state index in [2.05, 4.69) is 43.3 Å². The number of fused-ring (bicyclic) bond motifs is 1. The Morgan fingerprint density at radius 2 is 1.84 bits per heavy atom. The van der Waals surface area contributed by atoms with Crippen molar-refractivity contribution in [2.75, 3.05) is 5.32 Å². The zero-order chi connectivity index (χ0) is 18.4. The van der Waals surface area contributed by atoms with Crippen LogP contribution in [0.15, 0.2) is 24.3 Å². The van der Waals surface area contributed by atoms with E-state index in [4.69, 9.17) is 0 Å². The number of nitrogens with zero attached hydrogens (tertiary/aromatic N) is 1. The molecule has 2 aromatic rings. The molecule has 1 fully saturated rings. The van der Waals surface area contributed by atoms with Crippen molar-refractivity contribution in [3.8, 4) is 0 Å². The summed E-state index contributed by atoms with van der Waals surface area (Å²) in [7, 11) is 0. The fourth-order valence-corrected chi connectivity index (χ4v) is 4.25. The highest BCUT2D eigenvalue weighted by molar-refractivity contribution is 5.98. The highest BCUT2D eigenvalue weighted by Crippen LogP contribution is 2.32. The number of carboxylic acids is 1. The lowest BCUT2D eigenvalue weighted by Crippen LogP contribution is -2.60. The van der Waals surface area contributed by atoms with E-state index in [-0.39, 0.29) is 16.6 Å². The third-order valence-corrected chi connectivity index (χ3v) is 4.73. The van der Waals surface area contributed by atoms with Gasteiger partial charge in [0.2, 0.25) is 0 Å². The van der Waals surface area contributed by atoms with Gasteiger partial charge in [0.1, 0.15) is 0 Å². The van der Waals surface area contributed by atoms with Crippen LogP contribution in [-0.2, 0) is 0 Å². The number of carbonyl (C=O) groups is 1. The van der Waals surface area contributed by atoms with Crippen LogP contribution in [0.1, 0.15) is 56.6 Å². The topological polar surface area (TPSA) is 74.2 Å².